The van der Waals surface area contributed by atoms with Gasteiger partial charge in [0.15, 0.2) is 5.13 Å². The molecule has 3 amide bonds. The highest BCUT2D eigenvalue weighted by molar-refractivity contribution is 7.13. The Morgan fingerprint density at radius 1 is 1.09 bits per heavy atom. The van der Waals surface area contributed by atoms with E-state index in [9.17, 15) is 14.4 Å². The number of methoxy groups -OCH3 is 2. The molecule has 0 bridgehead atoms. The summed E-state index contributed by atoms with van der Waals surface area (Å²) in [6, 6.07) is 11.1. The molecule has 33 heavy (non-hydrogen) atoms. The standard InChI is InChI=1S/C22H17ClN4O5S/c1-31-14-6-7-15(16(11-14)32-2)27-20(29)17(23)18(21(27)30)25-13-5-3-4-12(10-13)19(28)26-22-24-8-9-33-22/h3-11,25H,1-2H3,(H,24,26,28). The van der Waals surface area contributed by atoms with Crippen LogP contribution < -0.4 is 25.0 Å². The summed E-state index contributed by atoms with van der Waals surface area (Å²) in [5.74, 6) is -0.967. The molecule has 0 unspecified atom stereocenters. The van der Waals surface area contributed by atoms with Gasteiger partial charge in [-0.2, -0.15) is 0 Å². The van der Waals surface area contributed by atoms with Crippen LogP contribution in [0.3, 0.4) is 0 Å². The predicted molar refractivity (Wildman–Crippen MR) is 125 cm³/mol. The summed E-state index contributed by atoms with van der Waals surface area (Å²) in [5.41, 5.74) is 0.842. The number of halogens is 1. The molecule has 2 N–H and O–H groups in total. The van der Waals surface area contributed by atoms with Crippen LogP contribution in [-0.4, -0.2) is 36.9 Å². The van der Waals surface area contributed by atoms with Crippen molar-refractivity contribution in [1.82, 2.24) is 4.98 Å². The number of carbonyl (C=O) groups excluding carboxylic acids is 3. The van der Waals surface area contributed by atoms with Crippen LogP contribution in [0.5, 0.6) is 11.5 Å². The van der Waals surface area contributed by atoms with Crippen molar-refractivity contribution >= 4 is 57.2 Å². The SMILES string of the molecule is COc1ccc(N2C(=O)C(Cl)=C(Nc3cccc(C(=O)Nc4nccs4)c3)C2=O)c(OC)c1. The zero-order chi connectivity index (χ0) is 23.5. The number of anilines is 3. The molecule has 11 heteroatoms. The lowest BCUT2D eigenvalue weighted by Gasteiger charge is -2.18. The maximum Gasteiger partial charge on any atom is 0.283 e. The molecule has 2 aromatic carbocycles. The van der Waals surface area contributed by atoms with E-state index in [4.69, 9.17) is 21.1 Å². The van der Waals surface area contributed by atoms with Gasteiger partial charge in [-0.05, 0) is 30.3 Å². The number of thiazole rings is 1. The van der Waals surface area contributed by atoms with Crippen LogP contribution in [0.2, 0.25) is 0 Å². The van der Waals surface area contributed by atoms with Crippen LogP contribution in [0.4, 0.5) is 16.5 Å². The number of hydrogen-bond acceptors (Lipinski definition) is 8. The first kappa shape index (κ1) is 22.3. The van der Waals surface area contributed by atoms with Gasteiger partial charge in [-0.25, -0.2) is 9.88 Å². The molecule has 0 saturated carbocycles. The molecule has 0 saturated heterocycles. The summed E-state index contributed by atoms with van der Waals surface area (Å²) < 4.78 is 10.5. The van der Waals surface area contributed by atoms with E-state index < -0.39 is 11.8 Å². The van der Waals surface area contributed by atoms with Crippen molar-refractivity contribution in [2.45, 2.75) is 0 Å². The minimum atomic E-state index is -0.703. The van der Waals surface area contributed by atoms with Crippen molar-refractivity contribution in [3.63, 3.8) is 0 Å². The molecule has 0 spiro atoms. The van der Waals surface area contributed by atoms with Crippen LogP contribution in [-0.2, 0) is 9.59 Å². The van der Waals surface area contributed by atoms with E-state index in [1.807, 2.05) is 0 Å². The topological polar surface area (TPSA) is 110 Å². The fourth-order valence-electron chi connectivity index (χ4n) is 3.14. The molecule has 3 aromatic rings. The lowest BCUT2D eigenvalue weighted by molar-refractivity contribution is -0.120. The van der Waals surface area contributed by atoms with Crippen molar-refractivity contribution in [2.24, 2.45) is 0 Å². The highest BCUT2D eigenvalue weighted by Gasteiger charge is 2.40. The van der Waals surface area contributed by atoms with Gasteiger partial charge in [0.25, 0.3) is 17.7 Å². The van der Waals surface area contributed by atoms with E-state index in [2.05, 4.69) is 15.6 Å². The largest absolute Gasteiger partial charge is 0.497 e. The second-order valence-electron chi connectivity index (χ2n) is 6.67. The number of amides is 3. The summed E-state index contributed by atoms with van der Waals surface area (Å²) in [7, 11) is 2.91. The monoisotopic (exact) mass is 484 g/mol. The van der Waals surface area contributed by atoms with Crippen LogP contribution in [0.15, 0.2) is 64.8 Å². The summed E-state index contributed by atoms with van der Waals surface area (Å²) in [4.78, 5) is 43.3. The lowest BCUT2D eigenvalue weighted by atomic mass is 10.2. The highest BCUT2D eigenvalue weighted by Crippen LogP contribution is 2.37. The summed E-state index contributed by atoms with van der Waals surface area (Å²) in [6.45, 7) is 0. The Labute approximate surface area is 197 Å². The zero-order valence-corrected chi connectivity index (χ0v) is 19.0. The molecule has 9 nitrogen and oxygen atoms in total. The Bertz CT molecular complexity index is 1280. The van der Waals surface area contributed by atoms with E-state index in [0.29, 0.717) is 22.1 Å². The van der Waals surface area contributed by atoms with E-state index in [1.165, 1.54) is 37.7 Å². The fourth-order valence-corrected chi connectivity index (χ4v) is 3.87. The molecular weight excluding hydrogens is 468 g/mol. The van der Waals surface area contributed by atoms with Crippen LogP contribution in [0.1, 0.15) is 10.4 Å². The molecule has 4 rings (SSSR count). The molecular formula is C22H17ClN4O5S. The van der Waals surface area contributed by atoms with E-state index in [0.717, 1.165) is 4.90 Å². The molecule has 1 aliphatic rings. The number of nitrogens with one attached hydrogen (secondary N) is 2. The molecule has 168 valence electrons. The Balaban J connectivity index is 1.58. The van der Waals surface area contributed by atoms with Crippen LogP contribution >= 0.6 is 22.9 Å². The molecule has 1 aromatic heterocycles. The third-order valence-electron chi connectivity index (χ3n) is 4.70. The van der Waals surface area contributed by atoms with Gasteiger partial charge in [-0.15, -0.1) is 11.3 Å². The number of rotatable bonds is 7. The zero-order valence-electron chi connectivity index (χ0n) is 17.4. The molecule has 0 aliphatic carbocycles. The van der Waals surface area contributed by atoms with Crippen molar-refractivity contribution in [2.75, 3.05) is 29.8 Å². The van der Waals surface area contributed by atoms with Crippen LogP contribution in [0.25, 0.3) is 0 Å². The molecule has 1 aliphatic heterocycles. The summed E-state index contributed by atoms with van der Waals surface area (Å²) in [5, 5.41) is 7.47. The smallest absolute Gasteiger partial charge is 0.283 e. The normalized spacial score (nSPS) is 13.4. The van der Waals surface area contributed by atoms with E-state index >= 15 is 0 Å². The minimum Gasteiger partial charge on any atom is -0.497 e. The molecule has 0 atom stereocenters. The maximum atomic E-state index is 13.1. The van der Waals surface area contributed by atoms with Gasteiger partial charge in [0.1, 0.15) is 22.2 Å². The first-order valence-corrected chi connectivity index (χ1v) is 10.8. The van der Waals surface area contributed by atoms with Crippen molar-refractivity contribution in [3.05, 3.63) is 70.3 Å². The van der Waals surface area contributed by atoms with Gasteiger partial charge in [-0.1, -0.05) is 17.7 Å². The second kappa shape index (κ2) is 9.31. The van der Waals surface area contributed by atoms with Crippen molar-refractivity contribution < 1.29 is 23.9 Å². The Morgan fingerprint density at radius 2 is 1.91 bits per heavy atom. The fraction of sp³-hybridized carbons (Fsp3) is 0.0909. The van der Waals surface area contributed by atoms with E-state index in [-0.39, 0.29) is 28.1 Å². The second-order valence-corrected chi connectivity index (χ2v) is 7.94. The van der Waals surface area contributed by atoms with Crippen molar-refractivity contribution in [1.29, 1.82) is 0 Å². The molecule has 2 heterocycles. The number of benzene rings is 2. The van der Waals surface area contributed by atoms with Gasteiger partial charge in [0.2, 0.25) is 0 Å². The Kier molecular flexibility index (Phi) is 6.29. The first-order chi connectivity index (χ1) is 15.9. The van der Waals surface area contributed by atoms with Crippen LogP contribution in [0, 0.1) is 0 Å². The van der Waals surface area contributed by atoms with Crippen molar-refractivity contribution in [3.8, 4) is 11.5 Å². The van der Waals surface area contributed by atoms with Gasteiger partial charge < -0.3 is 14.8 Å². The predicted octanol–water partition coefficient (Wildman–Crippen LogP) is 3.85. The van der Waals surface area contributed by atoms with Gasteiger partial charge in [0, 0.05) is 28.9 Å². The van der Waals surface area contributed by atoms with E-state index in [1.54, 1.807) is 41.9 Å². The number of carbonyl (C=O) groups is 3. The third kappa shape index (κ3) is 4.38. The average Bonchev–Trinajstić information content (AvgIpc) is 3.41. The Morgan fingerprint density at radius 3 is 2.61 bits per heavy atom. The maximum absolute atomic E-state index is 13.1. The quantitative estimate of drug-likeness (QED) is 0.490. The third-order valence-corrected chi connectivity index (χ3v) is 5.74. The number of ether oxygens (including phenoxy) is 2. The molecule has 0 radical (unpaired) electrons. The Hall–Kier alpha value is -3.89. The average molecular weight is 485 g/mol. The number of imide groups is 1. The number of nitrogens with zero attached hydrogens (tertiary/aromatic N) is 2. The summed E-state index contributed by atoms with van der Waals surface area (Å²) >= 11 is 7.51. The number of aromatic nitrogens is 1. The first-order valence-electron chi connectivity index (χ1n) is 9.51. The highest BCUT2D eigenvalue weighted by atomic mass is 35.5. The van der Waals surface area contributed by atoms with Gasteiger partial charge >= 0.3 is 0 Å². The van der Waals surface area contributed by atoms with Gasteiger partial charge in [-0.3, -0.25) is 19.7 Å². The molecule has 0 fully saturated rings. The summed E-state index contributed by atoms with van der Waals surface area (Å²) in [6.07, 6.45) is 1.58. The number of hydrogen-bond donors (Lipinski definition) is 2. The van der Waals surface area contributed by atoms with Gasteiger partial charge in [0.05, 0.1) is 19.9 Å². The minimum absolute atomic E-state index is 0.114. The lowest BCUT2D eigenvalue weighted by Crippen LogP contribution is -2.32.